The van der Waals surface area contributed by atoms with E-state index in [2.05, 4.69) is 47.9 Å². The van der Waals surface area contributed by atoms with Crippen molar-refractivity contribution in [2.45, 2.75) is 77.3 Å². The van der Waals surface area contributed by atoms with E-state index in [4.69, 9.17) is 9.97 Å². The summed E-state index contributed by atoms with van der Waals surface area (Å²) in [5.74, 6) is 1.80. The highest BCUT2D eigenvalue weighted by Crippen LogP contribution is 2.29. The number of hydrogen-bond donors (Lipinski definition) is 3. The second kappa shape index (κ2) is 9.76. The van der Waals surface area contributed by atoms with Crippen LogP contribution in [0.2, 0.25) is 0 Å². The van der Waals surface area contributed by atoms with Crippen LogP contribution in [0.25, 0.3) is 0 Å². The Morgan fingerprint density at radius 2 is 1.72 bits per heavy atom. The van der Waals surface area contributed by atoms with Gasteiger partial charge in [0.05, 0.1) is 5.69 Å². The SMILES string of the molecule is Cc1cccc(NC(=O)NC2CCC(Nc3nc4c(c(N(C)C)n3)CCCC4)CC2)c1C. The first-order chi connectivity index (χ1) is 15.4. The van der Waals surface area contributed by atoms with Crippen LogP contribution in [-0.2, 0) is 12.8 Å². The zero-order valence-corrected chi connectivity index (χ0v) is 19.8. The van der Waals surface area contributed by atoms with E-state index >= 15 is 0 Å². The van der Waals surface area contributed by atoms with Gasteiger partial charge < -0.3 is 20.9 Å². The van der Waals surface area contributed by atoms with Crippen LogP contribution < -0.4 is 20.9 Å². The smallest absolute Gasteiger partial charge is 0.319 e. The number of aromatic nitrogens is 2. The van der Waals surface area contributed by atoms with Crippen molar-refractivity contribution in [3.8, 4) is 0 Å². The van der Waals surface area contributed by atoms with Crippen molar-refractivity contribution < 1.29 is 4.79 Å². The Bertz CT molecular complexity index is 965. The molecule has 172 valence electrons. The number of hydrogen-bond acceptors (Lipinski definition) is 5. The minimum Gasteiger partial charge on any atom is -0.362 e. The molecule has 2 aliphatic rings. The average Bonchev–Trinajstić information content (AvgIpc) is 2.77. The second-order valence-corrected chi connectivity index (χ2v) is 9.44. The first kappa shape index (κ1) is 22.4. The lowest BCUT2D eigenvalue weighted by Gasteiger charge is -2.30. The maximum Gasteiger partial charge on any atom is 0.319 e. The van der Waals surface area contributed by atoms with Gasteiger partial charge in [0.15, 0.2) is 0 Å². The summed E-state index contributed by atoms with van der Waals surface area (Å²) in [5.41, 5.74) is 5.68. The van der Waals surface area contributed by atoms with E-state index in [0.29, 0.717) is 6.04 Å². The van der Waals surface area contributed by atoms with Gasteiger partial charge in [-0.1, -0.05) is 12.1 Å². The van der Waals surface area contributed by atoms with Gasteiger partial charge in [-0.25, -0.2) is 9.78 Å². The van der Waals surface area contributed by atoms with Gasteiger partial charge in [-0.15, -0.1) is 0 Å². The van der Waals surface area contributed by atoms with E-state index < -0.39 is 0 Å². The normalized spacial score (nSPS) is 20.2. The Morgan fingerprint density at radius 3 is 2.47 bits per heavy atom. The van der Waals surface area contributed by atoms with E-state index in [9.17, 15) is 4.79 Å². The van der Waals surface area contributed by atoms with Crippen LogP contribution in [0.4, 0.5) is 22.2 Å². The quantitative estimate of drug-likeness (QED) is 0.639. The van der Waals surface area contributed by atoms with Crippen molar-refractivity contribution >= 4 is 23.5 Å². The van der Waals surface area contributed by atoms with Crippen LogP contribution in [0, 0.1) is 13.8 Å². The molecule has 0 bridgehead atoms. The van der Waals surface area contributed by atoms with Crippen molar-refractivity contribution in [2.24, 2.45) is 0 Å². The largest absolute Gasteiger partial charge is 0.362 e. The van der Waals surface area contributed by atoms with Gasteiger partial charge in [-0.2, -0.15) is 4.98 Å². The number of carbonyl (C=O) groups is 1. The van der Waals surface area contributed by atoms with E-state index in [0.717, 1.165) is 61.5 Å². The van der Waals surface area contributed by atoms with Crippen LogP contribution in [0.1, 0.15) is 60.9 Å². The summed E-state index contributed by atoms with van der Waals surface area (Å²) < 4.78 is 0. The Hall–Kier alpha value is -2.83. The van der Waals surface area contributed by atoms with Crippen LogP contribution in [0.5, 0.6) is 0 Å². The Kier molecular flexibility index (Phi) is 6.82. The number of anilines is 3. The molecule has 0 spiro atoms. The monoisotopic (exact) mass is 436 g/mol. The van der Waals surface area contributed by atoms with Crippen LogP contribution >= 0.6 is 0 Å². The maximum atomic E-state index is 12.5. The van der Waals surface area contributed by atoms with Crippen molar-refractivity contribution in [1.29, 1.82) is 0 Å². The zero-order chi connectivity index (χ0) is 22.7. The fourth-order valence-electron chi connectivity index (χ4n) is 4.80. The number of nitrogens with one attached hydrogen (secondary N) is 3. The predicted octanol–water partition coefficient (Wildman–Crippen LogP) is 4.58. The van der Waals surface area contributed by atoms with Gasteiger partial charge in [0.2, 0.25) is 5.95 Å². The maximum absolute atomic E-state index is 12.5. The first-order valence-corrected chi connectivity index (χ1v) is 11.9. The third kappa shape index (κ3) is 5.14. The summed E-state index contributed by atoms with van der Waals surface area (Å²) in [5, 5.41) is 9.73. The molecule has 32 heavy (non-hydrogen) atoms. The molecular formula is C25H36N6O. The fraction of sp³-hybridized carbons (Fsp3) is 0.560. The lowest BCUT2D eigenvalue weighted by Crippen LogP contribution is -2.42. The van der Waals surface area contributed by atoms with Gasteiger partial charge in [0.1, 0.15) is 5.82 Å². The number of fused-ring (bicyclic) bond motifs is 1. The fourth-order valence-corrected chi connectivity index (χ4v) is 4.80. The highest BCUT2D eigenvalue weighted by atomic mass is 16.2. The van der Waals surface area contributed by atoms with E-state index in [1.54, 1.807) is 0 Å². The Labute approximate surface area is 191 Å². The molecule has 7 heteroatoms. The molecule has 1 heterocycles. The lowest BCUT2D eigenvalue weighted by molar-refractivity contribution is 0.243. The molecule has 2 amide bonds. The summed E-state index contributed by atoms with van der Waals surface area (Å²) in [6.45, 7) is 4.09. The molecule has 2 aromatic rings. The number of urea groups is 1. The van der Waals surface area contributed by atoms with Gasteiger partial charge >= 0.3 is 6.03 Å². The summed E-state index contributed by atoms with van der Waals surface area (Å²) in [4.78, 5) is 24.3. The third-order valence-corrected chi connectivity index (χ3v) is 6.83. The second-order valence-electron chi connectivity index (χ2n) is 9.44. The van der Waals surface area contributed by atoms with E-state index in [-0.39, 0.29) is 12.1 Å². The predicted molar refractivity (Wildman–Crippen MR) is 131 cm³/mol. The highest BCUT2D eigenvalue weighted by Gasteiger charge is 2.25. The van der Waals surface area contributed by atoms with Crippen molar-refractivity contribution in [3.05, 3.63) is 40.6 Å². The molecule has 0 radical (unpaired) electrons. The number of rotatable bonds is 5. The molecule has 0 unspecified atom stereocenters. The molecule has 1 fully saturated rings. The number of carbonyl (C=O) groups excluding carboxylic acids is 1. The van der Waals surface area contributed by atoms with Gasteiger partial charge in [-0.05, 0) is 82.4 Å². The molecule has 4 rings (SSSR count). The molecule has 0 aliphatic heterocycles. The first-order valence-electron chi connectivity index (χ1n) is 11.9. The van der Waals surface area contributed by atoms with Gasteiger partial charge in [0, 0.05) is 37.4 Å². The topological polar surface area (TPSA) is 82.2 Å². The van der Waals surface area contributed by atoms with Gasteiger partial charge in [-0.3, -0.25) is 0 Å². The molecule has 3 N–H and O–H groups in total. The average molecular weight is 437 g/mol. The Balaban J connectivity index is 1.31. The van der Waals surface area contributed by atoms with Crippen LogP contribution in [-0.4, -0.2) is 42.2 Å². The minimum absolute atomic E-state index is 0.122. The molecule has 1 saturated carbocycles. The summed E-state index contributed by atoms with van der Waals surface area (Å²) >= 11 is 0. The highest BCUT2D eigenvalue weighted by molar-refractivity contribution is 5.90. The number of benzene rings is 1. The standard InChI is InChI=1S/C25H36N6O/c1-16-8-7-11-21(17(16)2)29-25(32)27-19-14-12-18(13-15-19)26-24-28-22-10-6-5-9-20(22)23(30-24)31(3)4/h7-8,11,18-19H,5-6,9-10,12-15H2,1-4H3,(H,26,28,30)(H2,27,29,32). The molecular weight excluding hydrogens is 400 g/mol. The minimum atomic E-state index is -0.122. The lowest BCUT2D eigenvalue weighted by atomic mass is 9.91. The summed E-state index contributed by atoms with van der Waals surface area (Å²) in [6.07, 6.45) is 8.42. The summed E-state index contributed by atoms with van der Waals surface area (Å²) in [6, 6.07) is 6.39. The molecule has 0 saturated heterocycles. The van der Waals surface area contributed by atoms with E-state index in [1.165, 1.54) is 29.7 Å². The molecule has 0 atom stereocenters. The molecule has 1 aromatic carbocycles. The van der Waals surface area contributed by atoms with Crippen molar-refractivity contribution in [3.63, 3.8) is 0 Å². The van der Waals surface area contributed by atoms with Gasteiger partial charge in [0.25, 0.3) is 0 Å². The van der Waals surface area contributed by atoms with Crippen LogP contribution in [0.3, 0.4) is 0 Å². The van der Waals surface area contributed by atoms with Crippen molar-refractivity contribution in [2.75, 3.05) is 29.6 Å². The zero-order valence-electron chi connectivity index (χ0n) is 19.8. The third-order valence-electron chi connectivity index (χ3n) is 6.83. The number of nitrogens with zero attached hydrogens (tertiary/aromatic N) is 3. The van der Waals surface area contributed by atoms with Crippen LogP contribution in [0.15, 0.2) is 18.2 Å². The number of aryl methyl sites for hydroxylation is 2. The number of amides is 2. The summed E-state index contributed by atoms with van der Waals surface area (Å²) in [7, 11) is 4.11. The molecule has 2 aliphatic carbocycles. The molecule has 7 nitrogen and oxygen atoms in total. The molecule has 1 aromatic heterocycles. The Morgan fingerprint density at radius 1 is 1.00 bits per heavy atom. The van der Waals surface area contributed by atoms with E-state index in [1.807, 2.05) is 19.1 Å². The van der Waals surface area contributed by atoms with Crippen molar-refractivity contribution in [1.82, 2.24) is 15.3 Å².